The number of benzene rings is 5. The Kier molecular flexibility index (Phi) is 4.35. The van der Waals surface area contributed by atoms with E-state index in [0.29, 0.717) is 0 Å². The average molecular weight is 439 g/mol. The van der Waals surface area contributed by atoms with E-state index in [4.69, 9.17) is 0 Å². The van der Waals surface area contributed by atoms with E-state index in [2.05, 4.69) is 115 Å². The molecule has 0 unspecified atom stereocenters. The summed E-state index contributed by atoms with van der Waals surface area (Å²) >= 11 is 0. The quantitative estimate of drug-likeness (QED) is 0.273. The smallest absolute Gasteiger partial charge is 0.000688 e. The molecule has 33 heavy (non-hydrogen) atoms. The summed E-state index contributed by atoms with van der Waals surface area (Å²) < 4.78 is 0. The van der Waals surface area contributed by atoms with Gasteiger partial charge in [0, 0.05) is 0 Å². The van der Waals surface area contributed by atoms with Gasteiger partial charge in [-0.25, -0.2) is 0 Å². The maximum absolute atomic E-state index is 2.39. The van der Waals surface area contributed by atoms with Gasteiger partial charge in [0.25, 0.3) is 0 Å². The molecule has 2 aliphatic rings. The Labute approximate surface area is 196 Å². The second kappa shape index (κ2) is 7.55. The minimum absolute atomic E-state index is 0.657. The summed E-state index contributed by atoms with van der Waals surface area (Å²) in [5, 5.41) is 4.45. The minimum atomic E-state index is -0.657. The molecule has 156 valence electrons. The fourth-order valence-corrected chi connectivity index (χ4v) is 8.38. The molecule has 1 heteroatoms. The van der Waals surface area contributed by atoms with Crippen LogP contribution in [0.2, 0.25) is 0 Å². The van der Waals surface area contributed by atoms with Gasteiger partial charge in [0.2, 0.25) is 0 Å². The van der Waals surface area contributed by atoms with Crippen molar-refractivity contribution in [3.8, 4) is 22.3 Å². The molecule has 0 aromatic heterocycles. The van der Waals surface area contributed by atoms with Gasteiger partial charge >= 0.3 is 0 Å². The summed E-state index contributed by atoms with van der Waals surface area (Å²) in [4.78, 5) is 0. The van der Waals surface area contributed by atoms with Crippen molar-refractivity contribution in [2.24, 2.45) is 0 Å². The van der Waals surface area contributed by atoms with Gasteiger partial charge in [-0.1, -0.05) is 115 Å². The van der Waals surface area contributed by atoms with Crippen molar-refractivity contribution in [1.82, 2.24) is 0 Å². The minimum Gasteiger partial charge on any atom is -0.0622 e. The summed E-state index contributed by atoms with van der Waals surface area (Å²) in [6.07, 6.45) is 2.06. The maximum Gasteiger partial charge on any atom is -0.000688 e. The summed E-state index contributed by atoms with van der Waals surface area (Å²) in [5.74, 6) is 0. The van der Waals surface area contributed by atoms with Crippen LogP contribution in [-0.4, -0.2) is 0 Å². The Hall–Kier alpha value is -3.47. The molecule has 0 aliphatic heterocycles. The standard InChI is InChI=1S/C32H23P/c1-2-12-24(13-3-1)33(31-18-8-16-27-25-14-6-4-10-22(25)20-29(27)31)32-19-9-17-28-26-15-7-5-11-23(26)21-30(28)32/h1-19H,20-21H2. The second-order valence-corrected chi connectivity index (χ2v) is 11.1. The Bertz CT molecular complexity index is 1420. The van der Waals surface area contributed by atoms with E-state index in [-0.39, 0.29) is 0 Å². The highest BCUT2D eigenvalue weighted by Gasteiger charge is 2.30. The summed E-state index contributed by atoms with van der Waals surface area (Å²) in [5.41, 5.74) is 11.6. The summed E-state index contributed by atoms with van der Waals surface area (Å²) in [7, 11) is -0.657. The lowest BCUT2D eigenvalue weighted by Gasteiger charge is -2.24. The lowest BCUT2D eigenvalue weighted by Crippen LogP contribution is -2.25. The number of rotatable bonds is 3. The Morgan fingerprint density at radius 2 is 0.848 bits per heavy atom. The lowest BCUT2D eigenvalue weighted by molar-refractivity contribution is 1.27. The molecule has 5 aromatic carbocycles. The topological polar surface area (TPSA) is 0 Å². The van der Waals surface area contributed by atoms with Crippen LogP contribution in [0.1, 0.15) is 22.3 Å². The molecule has 0 radical (unpaired) electrons. The largest absolute Gasteiger partial charge is 0.0622 e. The van der Waals surface area contributed by atoms with Crippen LogP contribution in [0.4, 0.5) is 0 Å². The van der Waals surface area contributed by atoms with Crippen LogP contribution in [-0.2, 0) is 12.8 Å². The fourth-order valence-electron chi connectivity index (χ4n) is 5.68. The highest BCUT2D eigenvalue weighted by molar-refractivity contribution is 7.80. The number of hydrogen-bond donors (Lipinski definition) is 0. The van der Waals surface area contributed by atoms with E-state index in [1.807, 2.05) is 0 Å². The van der Waals surface area contributed by atoms with Crippen molar-refractivity contribution in [3.05, 3.63) is 138 Å². The molecular formula is C32H23P. The SMILES string of the molecule is c1ccc(P(c2cccc3c2Cc2ccccc2-3)c2cccc3c2Cc2ccccc2-3)cc1. The lowest BCUT2D eigenvalue weighted by atomic mass is 10.1. The summed E-state index contributed by atoms with van der Waals surface area (Å²) in [6.45, 7) is 0. The predicted molar refractivity (Wildman–Crippen MR) is 142 cm³/mol. The van der Waals surface area contributed by atoms with Gasteiger partial charge in [0.15, 0.2) is 0 Å². The van der Waals surface area contributed by atoms with E-state index in [9.17, 15) is 0 Å². The molecular weight excluding hydrogens is 415 g/mol. The van der Waals surface area contributed by atoms with Crippen LogP contribution in [0.5, 0.6) is 0 Å². The number of hydrogen-bond acceptors (Lipinski definition) is 0. The predicted octanol–water partition coefficient (Wildman–Crippen LogP) is 6.59. The van der Waals surface area contributed by atoms with Crippen molar-refractivity contribution in [2.45, 2.75) is 12.8 Å². The molecule has 7 rings (SSSR count). The van der Waals surface area contributed by atoms with Crippen LogP contribution < -0.4 is 15.9 Å². The molecule has 5 aromatic rings. The zero-order valence-electron chi connectivity index (χ0n) is 18.3. The third-order valence-electron chi connectivity index (χ3n) is 7.15. The zero-order valence-corrected chi connectivity index (χ0v) is 19.2. The molecule has 0 amide bonds. The molecule has 0 fully saturated rings. The molecule has 2 aliphatic carbocycles. The molecule has 0 spiro atoms. The first-order valence-electron chi connectivity index (χ1n) is 11.6. The van der Waals surface area contributed by atoms with E-state index in [1.54, 1.807) is 0 Å². The molecule has 0 N–H and O–H groups in total. The van der Waals surface area contributed by atoms with Crippen molar-refractivity contribution in [2.75, 3.05) is 0 Å². The molecule has 0 saturated heterocycles. The normalized spacial score (nSPS) is 12.9. The van der Waals surface area contributed by atoms with Crippen LogP contribution >= 0.6 is 7.92 Å². The third kappa shape index (κ3) is 2.95. The Balaban J connectivity index is 1.47. The van der Waals surface area contributed by atoms with Gasteiger partial charge in [-0.3, -0.25) is 0 Å². The maximum atomic E-state index is 2.39. The van der Waals surface area contributed by atoms with Gasteiger partial charge in [-0.2, -0.15) is 0 Å². The van der Waals surface area contributed by atoms with E-state index >= 15 is 0 Å². The monoisotopic (exact) mass is 438 g/mol. The van der Waals surface area contributed by atoms with Gasteiger partial charge < -0.3 is 0 Å². The van der Waals surface area contributed by atoms with Gasteiger partial charge in [0.1, 0.15) is 0 Å². The second-order valence-electron chi connectivity index (χ2n) is 8.95. The van der Waals surface area contributed by atoms with Crippen LogP contribution in [0, 0.1) is 0 Å². The van der Waals surface area contributed by atoms with Gasteiger partial charge in [-0.05, 0) is 81.2 Å². The van der Waals surface area contributed by atoms with Crippen molar-refractivity contribution in [3.63, 3.8) is 0 Å². The first kappa shape index (κ1) is 19.0. The van der Waals surface area contributed by atoms with Crippen molar-refractivity contribution >= 4 is 23.8 Å². The van der Waals surface area contributed by atoms with E-state index < -0.39 is 7.92 Å². The van der Waals surface area contributed by atoms with Crippen molar-refractivity contribution in [1.29, 1.82) is 0 Å². The first-order valence-corrected chi connectivity index (χ1v) is 13.0. The zero-order chi connectivity index (χ0) is 21.8. The molecule has 0 saturated carbocycles. The Morgan fingerprint density at radius 3 is 1.39 bits per heavy atom. The first-order chi connectivity index (χ1) is 16.4. The highest BCUT2D eigenvalue weighted by Crippen LogP contribution is 2.45. The van der Waals surface area contributed by atoms with Gasteiger partial charge in [0.05, 0.1) is 0 Å². The third-order valence-corrected chi connectivity index (χ3v) is 9.76. The van der Waals surface area contributed by atoms with Gasteiger partial charge in [-0.15, -0.1) is 0 Å². The molecule has 0 atom stereocenters. The van der Waals surface area contributed by atoms with E-state index in [1.165, 1.54) is 60.4 Å². The van der Waals surface area contributed by atoms with Crippen LogP contribution in [0.25, 0.3) is 22.3 Å². The Morgan fingerprint density at radius 1 is 0.394 bits per heavy atom. The highest BCUT2D eigenvalue weighted by atomic mass is 31.1. The van der Waals surface area contributed by atoms with Crippen molar-refractivity contribution < 1.29 is 0 Å². The molecule has 0 bridgehead atoms. The van der Waals surface area contributed by atoms with Crippen LogP contribution in [0.15, 0.2) is 115 Å². The summed E-state index contributed by atoms with van der Waals surface area (Å²) in [6, 6.07) is 43.0. The molecule has 0 heterocycles. The van der Waals surface area contributed by atoms with Crippen LogP contribution in [0.3, 0.4) is 0 Å². The van der Waals surface area contributed by atoms with E-state index in [0.717, 1.165) is 12.8 Å². The average Bonchev–Trinajstić information content (AvgIpc) is 3.44. The molecule has 0 nitrogen and oxygen atoms in total. The fraction of sp³-hybridized carbons (Fsp3) is 0.0625. The number of fused-ring (bicyclic) bond motifs is 6.